The summed E-state index contributed by atoms with van der Waals surface area (Å²) in [6, 6.07) is 8.40. The summed E-state index contributed by atoms with van der Waals surface area (Å²) in [6.07, 6.45) is 6.34. The van der Waals surface area contributed by atoms with Gasteiger partial charge in [0, 0.05) is 27.7 Å². The van der Waals surface area contributed by atoms with Crippen LogP contribution >= 0.6 is 11.8 Å². The Labute approximate surface area is 88.2 Å². The Balaban J connectivity index is 2.25. The van der Waals surface area contributed by atoms with E-state index in [0.717, 1.165) is 5.75 Å². The minimum Gasteiger partial charge on any atom is -0.360 e. The molecule has 0 saturated carbocycles. The first-order valence-corrected chi connectivity index (χ1v) is 5.70. The van der Waals surface area contributed by atoms with Crippen LogP contribution < -0.4 is 0 Å². The van der Waals surface area contributed by atoms with E-state index < -0.39 is 0 Å². The van der Waals surface area contributed by atoms with Gasteiger partial charge < -0.3 is 4.98 Å². The third kappa shape index (κ3) is 1.85. The molecule has 0 unspecified atom stereocenters. The predicted octanol–water partition coefficient (Wildman–Crippen LogP) is 3.84. The molecule has 0 atom stereocenters. The van der Waals surface area contributed by atoms with Gasteiger partial charge in [-0.2, -0.15) is 0 Å². The van der Waals surface area contributed by atoms with E-state index in [1.54, 1.807) is 0 Å². The molecule has 0 fully saturated rings. The molecule has 1 heterocycles. The van der Waals surface area contributed by atoms with E-state index in [2.05, 4.69) is 54.5 Å². The Kier molecular flexibility index (Phi) is 2.94. The van der Waals surface area contributed by atoms with Crippen molar-refractivity contribution in [3.63, 3.8) is 0 Å². The van der Waals surface area contributed by atoms with E-state index in [-0.39, 0.29) is 0 Å². The van der Waals surface area contributed by atoms with E-state index in [4.69, 9.17) is 0 Å². The summed E-state index contributed by atoms with van der Waals surface area (Å²) in [5, 5.41) is 1.32. The standard InChI is InChI=1S/C12H13NS/c1-2-3-8-14-12-9-13-11-7-5-4-6-10(11)12/h2-7,9,13H,8H2,1H3/b3-2+. The van der Waals surface area contributed by atoms with Crippen molar-refractivity contribution >= 4 is 22.7 Å². The summed E-state index contributed by atoms with van der Waals surface area (Å²) in [5.74, 6) is 1.04. The molecule has 0 aliphatic carbocycles. The van der Waals surface area contributed by atoms with Crippen molar-refractivity contribution in [2.75, 3.05) is 5.75 Å². The summed E-state index contributed by atoms with van der Waals surface area (Å²) < 4.78 is 0. The van der Waals surface area contributed by atoms with Crippen molar-refractivity contribution in [3.05, 3.63) is 42.6 Å². The molecule has 2 heteroatoms. The van der Waals surface area contributed by atoms with E-state index in [1.807, 2.05) is 11.8 Å². The minimum absolute atomic E-state index is 1.04. The van der Waals surface area contributed by atoms with Crippen LogP contribution in [0.3, 0.4) is 0 Å². The SMILES string of the molecule is C/C=C/CSc1c[nH]c2ccccc12. The van der Waals surface area contributed by atoms with Crippen molar-refractivity contribution in [2.24, 2.45) is 0 Å². The number of H-pyrrole nitrogens is 1. The molecule has 14 heavy (non-hydrogen) atoms. The number of allylic oxidation sites excluding steroid dienone is 1. The average Bonchev–Trinajstić information content (AvgIpc) is 2.63. The number of hydrogen-bond acceptors (Lipinski definition) is 1. The first-order valence-electron chi connectivity index (χ1n) is 4.72. The number of thioether (sulfide) groups is 1. The van der Waals surface area contributed by atoms with Crippen LogP contribution in [0.4, 0.5) is 0 Å². The lowest BCUT2D eigenvalue weighted by atomic mass is 10.2. The van der Waals surface area contributed by atoms with Crippen LogP contribution in [0.5, 0.6) is 0 Å². The van der Waals surface area contributed by atoms with Gasteiger partial charge in [0.2, 0.25) is 0 Å². The number of para-hydroxylation sites is 1. The summed E-state index contributed by atoms with van der Waals surface area (Å²) in [4.78, 5) is 4.60. The zero-order valence-corrected chi connectivity index (χ0v) is 8.97. The molecule has 0 bridgehead atoms. The lowest BCUT2D eigenvalue weighted by Crippen LogP contribution is -1.70. The average molecular weight is 203 g/mol. The van der Waals surface area contributed by atoms with Crippen molar-refractivity contribution < 1.29 is 0 Å². The zero-order chi connectivity index (χ0) is 9.80. The molecule has 0 spiro atoms. The Hall–Kier alpha value is -1.15. The normalized spacial score (nSPS) is 11.5. The fourth-order valence-electron chi connectivity index (χ4n) is 1.40. The van der Waals surface area contributed by atoms with Gasteiger partial charge in [-0.05, 0) is 13.0 Å². The van der Waals surface area contributed by atoms with Gasteiger partial charge in [-0.3, -0.25) is 0 Å². The van der Waals surface area contributed by atoms with Gasteiger partial charge in [0.1, 0.15) is 0 Å². The highest BCUT2D eigenvalue weighted by Gasteiger charge is 2.01. The Bertz CT molecular complexity index is 442. The minimum atomic E-state index is 1.04. The highest BCUT2D eigenvalue weighted by Crippen LogP contribution is 2.27. The highest BCUT2D eigenvalue weighted by atomic mass is 32.2. The summed E-state index contributed by atoms with van der Waals surface area (Å²) >= 11 is 1.86. The van der Waals surface area contributed by atoms with Crippen LogP contribution in [0.2, 0.25) is 0 Å². The van der Waals surface area contributed by atoms with Crippen molar-refractivity contribution in [2.45, 2.75) is 11.8 Å². The molecule has 0 aliphatic rings. The Morgan fingerprint density at radius 1 is 1.36 bits per heavy atom. The monoisotopic (exact) mass is 203 g/mol. The molecule has 0 saturated heterocycles. The maximum atomic E-state index is 3.27. The highest BCUT2D eigenvalue weighted by molar-refractivity contribution is 7.99. The van der Waals surface area contributed by atoms with E-state index in [1.165, 1.54) is 15.8 Å². The van der Waals surface area contributed by atoms with Gasteiger partial charge in [0.25, 0.3) is 0 Å². The maximum absolute atomic E-state index is 3.27. The molecule has 1 aromatic heterocycles. The fourth-order valence-corrected chi connectivity index (χ4v) is 2.34. The fraction of sp³-hybridized carbons (Fsp3) is 0.167. The summed E-state index contributed by atoms with van der Waals surface area (Å²) in [6.45, 7) is 2.05. The van der Waals surface area contributed by atoms with Gasteiger partial charge in [-0.25, -0.2) is 0 Å². The lowest BCUT2D eigenvalue weighted by molar-refractivity contribution is 1.41. The van der Waals surface area contributed by atoms with Crippen molar-refractivity contribution in [1.82, 2.24) is 4.98 Å². The Morgan fingerprint density at radius 2 is 2.21 bits per heavy atom. The van der Waals surface area contributed by atoms with Crippen molar-refractivity contribution in [1.29, 1.82) is 0 Å². The molecule has 0 amide bonds. The van der Waals surface area contributed by atoms with Crippen LogP contribution in [0.25, 0.3) is 10.9 Å². The number of benzene rings is 1. The molecule has 1 nitrogen and oxygen atoms in total. The molecule has 2 aromatic rings. The third-order valence-corrected chi connectivity index (χ3v) is 3.13. The predicted molar refractivity (Wildman–Crippen MR) is 63.8 cm³/mol. The lowest BCUT2D eigenvalue weighted by Gasteiger charge is -1.94. The van der Waals surface area contributed by atoms with E-state index >= 15 is 0 Å². The second-order valence-electron chi connectivity index (χ2n) is 3.08. The summed E-state index contributed by atoms with van der Waals surface area (Å²) in [7, 11) is 0. The quantitative estimate of drug-likeness (QED) is 0.592. The van der Waals surface area contributed by atoms with Crippen LogP contribution in [0.1, 0.15) is 6.92 Å². The maximum Gasteiger partial charge on any atom is 0.0465 e. The number of aromatic nitrogens is 1. The molecule has 72 valence electrons. The second-order valence-corrected chi connectivity index (χ2v) is 4.14. The largest absolute Gasteiger partial charge is 0.360 e. The van der Waals surface area contributed by atoms with Gasteiger partial charge in [0.15, 0.2) is 0 Å². The number of fused-ring (bicyclic) bond motifs is 1. The van der Waals surface area contributed by atoms with Crippen molar-refractivity contribution in [3.8, 4) is 0 Å². The van der Waals surface area contributed by atoms with E-state index in [9.17, 15) is 0 Å². The van der Waals surface area contributed by atoms with Crippen LogP contribution in [-0.4, -0.2) is 10.7 Å². The van der Waals surface area contributed by atoms with Gasteiger partial charge in [0.05, 0.1) is 0 Å². The first-order chi connectivity index (χ1) is 6.92. The second kappa shape index (κ2) is 4.38. The topological polar surface area (TPSA) is 15.8 Å². The van der Waals surface area contributed by atoms with Gasteiger partial charge >= 0.3 is 0 Å². The number of aromatic amines is 1. The van der Waals surface area contributed by atoms with Gasteiger partial charge in [-0.15, -0.1) is 11.8 Å². The zero-order valence-electron chi connectivity index (χ0n) is 8.16. The molecule has 1 N–H and O–H groups in total. The molecule has 0 aliphatic heterocycles. The third-order valence-electron chi connectivity index (χ3n) is 2.12. The smallest absolute Gasteiger partial charge is 0.0465 e. The first kappa shape index (κ1) is 9.41. The van der Waals surface area contributed by atoms with Crippen LogP contribution in [-0.2, 0) is 0 Å². The molecular weight excluding hydrogens is 190 g/mol. The molecular formula is C12H13NS. The molecule has 1 aromatic carbocycles. The van der Waals surface area contributed by atoms with E-state index in [0.29, 0.717) is 0 Å². The van der Waals surface area contributed by atoms with Gasteiger partial charge in [-0.1, -0.05) is 30.4 Å². The number of nitrogens with one attached hydrogen (secondary N) is 1. The molecule has 0 radical (unpaired) electrons. The Morgan fingerprint density at radius 3 is 3.07 bits per heavy atom. The van der Waals surface area contributed by atoms with Crippen LogP contribution in [0, 0.1) is 0 Å². The van der Waals surface area contributed by atoms with Crippen LogP contribution in [0.15, 0.2) is 47.5 Å². The number of rotatable bonds is 3. The number of hydrogen-bond donors (Lipinski definition) is 1. The summed E-state index contributed by atoms with van der Waals surface area (Å²) in [5.41, 5.74) is 1.22. The molecule has 2 rings (SSSR count).